The van der Waals surface area contributed by atoms with E-state index in [9.17, 15) is 4.39 Å². The number of ether oxygens (including phenoxy) is 1. The summed E-state index contributed by atoms with van der Waals surface area (Å²) in [5.74, 6) is 0.734. The van der Waals surface area contributed by atoms with Crippen molar-refractivity contribution in [3.8, 4) is 5.75 Å². The highest BCUT2D eigenvalue weighted by Gasteiger charge is 2.15. The van der Waals surface area contributed by atoms with Crippen LogP contribution in [0.5, 0.6) is 5.75 Å². The van der Waals surface area contributed by atoms with Gasteiger partial charge < -0.3 is 20.8 Å². The zero-order valence-electron chi connectivity index (χ0n) is 11.2. The highest BCUT2D eigenvalue weighted by molar-refractivity contribution is 5.86. The van der Waals surface area contributed by atoms with E-state index in [2.05, 4.69) is 10.3 Å². The van der Waals surface area contributed by atoms with Gasteiger partial charge in [-0.2, -0.15) is 0 Å². The molecular formula is C15H18FN3O. The number of nitrogens with one attached hydrogen (secondary N) is 2. The predicted molar refractivity (Wildman–Crippen MR) is 77.4 cm³/mol. The van der Waals surface area contributed by atoms with Gasteiger partial charge in [0, 0.05) is 48.2 Å². The number of benzene rings is 1. The van der Waals surface area contributed by atoms with E-state index < -0.39 is 0 Å². The molecule has 0 saturated carbocycles. The van der Waals surface area contributed by atoms with Crippen molar-refractivity contribution in [1.82, 2.24) is 10.3 Å². The third-order valence-electron chi connectivity index (χ3n) is 3.66. The van der Waals surface area contributed by atoms with E-state index >= 15 is 0 Å². The van der Waals surface area contributed by atoms with Gasteiger partial charge >= 0.3 is 0 Å². The van der Waals surface area contributed by atoms with Crippen molar-refractivity contribution < 1.29 is 9.13 Å². The van der Waals surface area contributed by atoms with Crippen molar-refractivity contribution >= 4 is 10.9 Å². The normalized spacial score (nSPS) is 15.4. The quantitative estimate of drug-likeness (QED) is 0.799. The Labute approximate surface area is 116 Å². The third-order valence-corrected chi connectivity index (χ3v) is 3.66. The fourth-order valence-electron chi connectivity index (χ4n) is 2.53. The fourth-order valence-corrected chi connectivity index (χ4v) is 2.53. The van der Waals surface area contributed by atoms with Gasteiger partial charge in [0.15, 0.2) is 0 Å². The third kappa shape index (κ3) is 2.42. The smallest absolute Gasteiger partial charge is 0.120 e. The summed E-state index contributed by atoms with van der Waals surface area (Å²) in [5.41, 5.74) is 9.57. The van der Waals surface area contributed by atoms with Crippen molar-refractivity contribution in [2.75, 3.05) is 19.7 Å². The number of fused-ring (bicyclic) bond motifs is 3. The van der Waals surface area contributed by atoms with Crippen LogP contribution in [0.3, 0.4) is 0 Å². The van der Waals surface area contributed by atoms with Crippen LogP contribution in [0.1, 0.15) is 11.3 Å². The highest BCUT2D eigenvalue weighted by atomic mass is 19.1. The summed E-state index contributed by atoms with van der Waals surface area (Å²) >= 11 is 0. The molecule has 0 atom stereocenters. The molecule has 0 amide bonds. The van der Waals surface area contributed by atoms with Gasteiger partial charge in [-0.25, -0.2) is 4.39 Å². The van der Waals surface area contributed by atoms with Crippen LogP contribution < -0.4 is 15.8 Å². The van der Waals surface area contributed by atoms with Crippen LogP contribution in [-0.4, -0.2) is 24.7 Å². The summed E-state index contributed by atoms with van der Waals surface area (Å²) in [4.78, 5) is 3.44. The summed E-state index contributed by atoms with van der Waals surface area (Å²) in [6, 6.07) is 5.90. The van der Waals surface area contributed by atoms with Gasteiger partial charge in [0.05, 0.1) is 6.33 Å². The summed E-state index contributed by atoms with van der Waals surface area (Å²) in [5, 5.41) is 4.54. The van der Waals surface area contributed by atoms with E-state index in [1.54, 1.807) is 0 Å². The fraction of sp³-hybridized carbons (Fsp3) is 0.333. The van der Waals surface area contributed by atoms with E-state index in [4.69, 9.17) is 10.5 Å². The molecule has 20 heavy (non-hydrogen) atoms. The van der Waals surface area contributed by atoms with Crippen LogP contribution >= 0.6 is 0 Å². The SMILES string of the molecule is NC/C(=C\F)COc1ccc2[nH]c3c(c2c1)CNCC3. The minimum atomic E-state index is 0.169. The standard InChI is InChI=1S/C15H18FN3O/c16-6-10(7-17)9-20-11-1-2-14-12(5-11)13-8-18-4-3-15(13)19-14/h1-2,5-6,18-19H,3-4,7-9,17H2/b10-6+. The Bertz CT molecular complexity index is 648. The van der Waals surface area contributed by atoms with Crippen molar-refractivity contribution in [2.24, 2.45) is 5.73 Å². The first-order valence-electron chi connectivity index (χ1n) is 6.77. The first-order valence-corrected chi connectivity index (χ1v) is 6.77. The molecule has 0 aliphatic carbocycles. The zero-order valence-corrected chi connectivity index (χ0v) is 11.2. The van der Waals surface area contributed by atoms with E-state index in [0.29, 0.717) is 11.9 Å². The lowest BCUT2D eigenvalue weighted by molar-refractivity contribution is 0.348. The molecule has 0 spiro atoms. The lowest BCUT2D eigenvalue weighted by Crippen LogP contribution is -2.22. The van der Waals surface area contributed by atoms with Gasteiger partial charge in [-0.3, -0.25) is 0 Å². The number of H-pyrrole nitrogens is 1. The second-order valence-electron chi connectivity index (χ2n) is 4.98. The molecule has 2 heterocycles. The molecule has 106 valence electrons. The van der Waals surface area contributed by atoms with Gasteiger partial charge in [0.25, 0.3) is 0 Å². The van der Waals surface area contributed by atoms with Crippen molar-refractivity contribution in [3.63, 3.8) is 0 Å². The molecule has 4 nitrogen and oxygen atoms in total. The van der Waals surface area contributed by atoms with Crippen LogP contribution in [0.2, 0.25) is 0 Å². The van der Waals surface area contributed by atoms with Crippen LogP contribution in [0.4, 0.5) is 4.39 Å². The second-order valence-corrected chi connectivity index (χ2v) is 4.98. The average Bonchev–Trinajstić information content (AvgIpc) is 2.86. The van der Waals surface area contributed by atoms with E-state index in [1.807, 2.05) is 18.2 Å². The number of halogens is 1. The Kier molecular flexibility index (Phi) is 3.71. The number of aromatic amines is 1. The maximum Gasteiger partial charge on any atom is 0.120 e. The van der Waals surface area contributed by atoms with Crippen LogP contribution in [0.15, 0.2) is 30.1 Å². The number of hydrogen-bond acceptors (Lipinski definition) is 3. The number of hydrogen-bond donors (Lipinski definition) is 3. The number of aromatic nitrogens is 1. The lowest BCUT2D eigenvalue weighted by atomic mass is 10.1. The number of rotatable bonds is 4. The number of nitrogens with two attached hydrogens (primary N) is 1. The van der Waals surface area contributed by atoms with Gasteiger partial charge in [0.2, 0.25) is 0 Å². The van der Waals surface area contributed by atoms with Crippen LogP contribution in [0.25, 0.3) is 10.9 Å². The Morgan fingerprint density at radius 3 is 3.15 bits per heavy atom. The predicted octanol–water partition coefficient (Wildman–Crippen LogP) is 2.00. The molecule has 0 saturated heterocycles. The molecule has 5 heteroatoms. The van der Waals surface area contributed by atoms with E-state index in [1.165, 1.54) is 16.6 Å². The summed E-state index contributed by atoms with van der Waals surface area (Å²) in [7, 11) is 0. The van der Waals surface area contributed by atoms with Gasteiger partial charge in [-0.15, -0.1) is 0 Å². The molecule has 1 aliphatic rings. The van der Waals surface area contributed by atoms with Crippen LogP contribution in [-0.2, 0) is 13.0 Å². The van der Waals surface area contributed by atoms with Crippen LogP contribution in [0, 0.1) is 0 Å². The zero-order chi connectivity index (χ0) is 13.9. The van der Waals surface area contributed by atoms with Gasteiger partial charge in [0.1, 0.15) is 12.4 Å². The highest BCUT2D eigenvalue weighted by Crippen LogP contribution is 2.28. The topological polar surface area (TPSA) is 63.1 Å². The first kappa shape index (κ1) is 13.1. The molecule has 1 aromatic carbocycles. The molecule has 1 aromatic heterocycles. The first-order chi connectivity index (χ1) is 9.81. The van der Waals surface area contributed by atoms with E-state index in [-0.39, 0.29) is 13.2 Å². The molecule has 0 radical (unpaired) electrons. The van der Waals surface area contributed by atoms with Gasteiger partial charge in [-0.05, 0) is 23.8 Å². The molecule has 4 N–H and O–H groups in total. The molecule has 0 unspecified atom stereocenters. The minimum absolute atomic E-state index is 0.169. The van der Waals surface area contributed by atoms with Crippen molar-refractivity contribution in [2.45, 2.75) is 13.0 Å². The Balaban J connectivity index is 1.86. The maximum atomic E-state index is 12.5. The average molecular weight is 275 g/mol. The van der Waals surface area contributed by atoms with E-state index in [0.717, 1.165) is 30.8 Å². The Morgan fingerprint density at radius 1 is 1.45 bits per heavy atom. The Hall–Kier alpha value is -1.85. The van der Waals surface area contributed by atoms with Crippen molar-refractivity contribution in [1.29, 1.82) is 0 Å². The van der Waals surface area contributed by atoms with Gasteiger partial charge in [-0.1, -0.05) is 0 Å². The summed E-state index contributed by atoms with van der Waals surface area (Å²) < 4.78 is 18.0. The summed E-state index contributed by atoms with van der Waals surface area (Å²) in [6.45, 7) is 2.23. The maximum absolute atomic E-state index is 12.5. The molecule has 2 aromatic rings. The lowest BCUT2D eigenvalue weighted by Gasteiger charge is -2.12. The molecule has 1 aliphatic heterocycles. The van der Waals surface area contributed by atoms with Crippen molar-refractivity contribution in [3.05, 3.63) is 41.4 Å². The molecule has 0 fully saturated rings. The Morgan fingerprint density at radius 2 is 2.35 bits per heavy atom. The molecule has 0 bridgehead atoms. The molecular weight excluding hydrogens is 257 g/mol. The summed E-state index contributed by atoms with van der Waals surface area (Å²) in [6.07, 6.45) is 1.53. The second kappa shape index (κ2) is 5.64. The molecule has 3 rings (SSSR count). The largest absolute Gasteiger partial charge is 0.489 e. The minimum Gasteiger partial charge on any atom is -0.489 e. The monoisotopic (exact) mass is 275 g/mol.